The van der Waals surface area contributed by atoms with Crippen molar-refractivity contribution in [1.29, 1.82) is 0 Å². The Balaban J connectivity index is 1.95. The molecule has 0 radical (unpaired) electrons. The Morgan fingerprint density at radius 2 is 2.43 bits per heavy atom. The Morgan fingerprint density at radius 1 is 1.50 bits per heavy atom. The lowest BCUT2D eigenvalue weighted by atomic mass is 10.1. The molecule has 2 rings (SSSR count). The first-order valence-corrected chi connectivity index (χ1v) is 5.23. The Bertz CT molecular complexity index is 292. The van der Waals surface area contributed by atoms with Crippen LogP contribution in [0.25, 0.3) is 0 Å². The highest BCUT2D eigenvalue weighted by molar-refractivity contribution is 5.43. The smallest absolute Gasteiger partial charge is 0.0531 e. The third kappa shape index (κ3) is 2.45. The second kappa shape index (κ2) is 4.42. The average Bonchev–Trinajstić information content (AvgIpc) is 2.19. The van der Waals surface area contributed by atoms with E-state index >= 15 is 0 Å². The highest BCUT2D eigenvalue weighted by Gasteiger charge is 2.11. The average molecular weight is 191 g/mol. The molecule has 1 aliphatic rings. The molecule has 3 nitrogen and oxygen atoms in total. The van der Waals surface area contributed by atoms with E-state index in [-0.39, 0.29) is 0 Å². The van der Waals surface area contributed by atoms with Crippen molar-refractivity contribution < 1.29 is 0 Å². The van der Waals surface area contributed by atoms with Gasteiger partial charge in [-0.25, -0.2) is 0 Å². The zero-order chi connectivity index (χ0) is 9.80. The zero-order valence-corrected chi connectivity index (χ0v) is 8.59. The predicted molar refractivity (Wildman–Crippen MR) is 58.5 cm³/mol. The van der Waals surface area contributed by atoms with Crippen molar-refractivity contribution in [2.45, 2.75) is 25.8 Å². The van der Waals surface area contributed by atoms with E-state index in [1.807, 2.05) is 12.4 Å². The monoisotopic (exact) mass is 191 g/mol. The molecule has 1 fully saturated rings. The second-order valence-corrected chi connectivity index (χ2v) is 3.94. The first-order chi connectivity index (χ1) is 6.84. The lowest BCUT2D eigenvalue weighted by Gasteiger charge is -2.24. The van der Waals surface area contributed by atoms with Gasteiger partial charge in [0.15, 0.2) is 0 Å². The maximum atomic E-state index is 4.17. The molecule has 1 unspecified atom stereocenters. The summed E-state index contributed by atoms with van der Waals surface area (Å²) in [7, 11) is 0. The number of piperidine rings is 1. The van der Waals surface area contributed by atoms with Crippen molar-refractivity contribution in [2.75, 3.05) is 18.4 Å². The Morgan fingerprint density at radius 3 is 3.14 bits per heavy atom. The minimum Gasteiger partial charge on any atom is -0.380 e. The Hall–Kier alpha value is -1.09. The van der Waals surface area contributed by atoms with Gasteiger partial charge >= 0.3 is 0 Å². The van der Waals surface area contributed by atoms with Crippen molar-refractivity contribution in [2.24, 2.45) is 0 Å². The van der Waals surface area contributed by atoms with Crippen molar-refractivity contribution in [3.05, 3.63) is 24.0 Å². The molecule has 2 N–H and O–H groups in total. The molecule has 1 atom stereocenters. The van der Waals surface area contributed by atoms with Crippen molar-refractivity contribution in [1.82, 2.24) is 10.3 Å². The van der Waals surface area contributed by atoms with E-state index < -0.39 is 0 Å². The topological polar surface area (TPSA) is 37.0 Å². The molecule has 3 heteroatoms. The van der Waals surface area contributed by atoms with Crippen LogP contribution in [0.3, 0.4) is 0 Å². The summed E-state index contributed by atoms with van der Waals surface area (Å²) in [5.74, 6) is 0. The molecule has 0 aromatic carbocycles. The van der Waals surface area contributed by atoms with Gasteiger partial charge in [0.2, 0.25) is 0 Å². The number of hydrogen-bond acceptors (Lipinski definition) is 3. The molecule has 0 aliphatic carbocycles. The van der Waals surface area contributed by atoms with E-state index in [2.05, 4.69) is 28.6 Å². The van der Waals surface area contributed by atoms with E-state index in [1.165, 1.54) is 18.4 Å². The van der Waals surface area contributed by atoms with Gasteiger partial charge in [-0.1, -0.05) is 0 Å². The standard InChI is InChI=1S/C11H17N3/c1-9-5-11(8-13-6-9)14-10-3-2-4-12-7-10/h5-6,8,10,12,14H,2-4,7H2,1H3. The first kappa shape index (κ1) is 9.46. The van der Waals surface area contributed by atoms with Crippen LogP contribution in [0.1, 0.15) is 18.4 Å². The summed E-state index contributed by atoms with van der Waals surface area (Å²) in [4.78, 5) is 4.17. The summed E-state index contributed by atoms with van der Waals surface area (Å²) in [6.45, 7) is 4.29. The number of rotatable bonds is 2. The minimum atomic E-state index is 0.562. The second-order valence-electron chi connectivity index (χ2n) is 3.94. The third-order valence-corrected chi connectivity index (χ3v) is 2.54. The number of hydrogen-bond donors (Lipinski definition) is 2. The van der Waals surface area contributed by atoms with E-state index in [4.69, 9.17) is 0 Å². The molecule has 1 saturated heterocycles. The lowest BCUT2D eigenvalue weighted by Crippen LogP contribution is -2.38. The molecule has 0 saturated carbocycles. The Kier molecular flexibility index (Phi) is 2.99. The molecule has 1 aromatic heterocycles. The highest BCUT2D eigenvalue weighted by atomic mass is 15.0. The zero-order valence-electron chi connectivity index (χ0n) is 8.59. The SMILES string of the molecule is Cc1cncc(NC2CCCNC2)c1. The van der Waals surface area contributed by atoms with Crippen LogP contribution in [0.4, 0.5) is 5.69 Å². The van der Waals surface area contributed by atoms with Crippen LogP contribution < -0.4 is 10.6 Å². The first-order valence-electron chi connectivity index (χ1n) is 5.23. The molecule has 0 amide bonds. The van der Waals surface area contributed by atoms with Gasteiger partial charge in [-0.05, 0) is 37.9 Å². The summed E-state index contributed by atoms with van der Waals surface area (Å²) in [5, 5.41) is 6.88. The molecular weight excluding hydrogens is 174 g/mol. The Labute approximate surface area is 84.9 Å². The van der Waals surface area contributed by atoms with Gasteiger partial charge < -0.3 is 10.6 Å². The van der Waals surface area contributed by atoms with E-state index in [0.717, 1.165) is 18.8 Å². The fourth-order valence-corrected chi connectivity index (χ4v) is 1.84. The highest BCUT2D eigenvalue weighted by Crippen LogP contribution is 2.12. The molecule has 0 bridgehead atoms. The van der Waals surface area contributed by atoms with Gasteiger partial charge in [-0.15, -0.1) is 0 Å². The van der Waals surface area contributed by atoms with E-state index in [9.17, 15) is 0 Å². The maximum absolute atomic E-state index is 4.17. The number of pyridine rings is 1. The summed E-state index contributed by atoms with van der Waals surface area (Å²) in [6, 6.07) is 2.70. The van der Waals surface area contributed by atoms with Crippen LogP contribution >= 0.6 is 0 Å². The van der Waals surface area contributed by atoms with Crippen molar-refractivity contribution >= 4 is 5.69 Å². The van der Waals surface area contributed by atoms with Gasteiger partial charge in [-0.3, -0.25) is 4.98 Å². The summed E-state index contributed by atoms with van der Waals surface area (Å²) >= 11 is 0. The number of anilines is 1. The fourth-order valence-electron chi connectivity index (χ4n) is 1.84. The van der Waals surface area contributed by atoms with Crippen LogP contribution in [-0.4, -0.2) is 24.1 Å². The predicted octanol–water partition coefficient (Wildman–Crippen LogP) is 1.55. The molecule has 76 valence electrons. The van der Waals surface area contributed by atoms with Gasteiger partial charge in [0.05, 0.1) is 5.69 Å². The number of aromatic nitrogens is 1. The number of aryl methyl sites for hydroxylation is 1. The lowest BCUT2D eigenvalue weighted by molar-refractivity contribution is 0.480. The van der Waals surface area contributed by atoms with E-state index in [0.29, 0.717) is 6.04 Å². The van der Waals surface area contributed by atoms with Crippen LogP contribution in [-0.2, 0) is 0 Å². The summed E-state index contributed by atoms with van der Waals surface area (Å²) in [6.07, 6.45) is 6.28. The third-order valence-electron chi connectivity index (χ3n) is 2.54. The summed E-state index contributed by atoms with van der Waals surface area (Å²) in [5.41, 5.74) is 2.34. The maximum Gasteiger partial charge on any atom is 0.0531 e. The summed E-state index contributed by atoms with van der Waals surface area (Å²) < 4.78 is 0. The minimum absolute atomic E-state index is 0.562. The molecule has 14 heavy (non-hydrogen) atoms. The molecule has 1 aliphatic heterocycles. The number of nitrogens with one attached hydrogen (secondary N) is 2. The molecule has 0 spiro atoms. The van der Waals surface area contributed by atoms with Gasteiger partial charge in [0, 0.05) is 25.0 Å². The van der Waals surface area contributed by atoms with Gasteiger partial charge in [0.25, 0.3) is 0 Å². The normalized spacial score (nSPS) is 21.9. The van der Waals surface area contributed by atoms with Crippen molar-refractivity contribution in [3.63, 3.8) is 0 Å². The van der Waals surface area contributed by atoms with Crippen LogP contribution in [0.2, 0.25) is 0 Å². The van der Waals surface area contributed by atoms with Gasteiger partial charge in [0.1, 0.15) is 0 Å². The number of nitrogens with zero attached hydrogens (tertiary/aromatic N) is 1. The van der Waals surface area contributed by atoms with Crippen LogP contribution in [0.15, 0.2) is 18.5 Å². The molecule has 1 aromatic rings. The molecular formula is C11H17N3. The van der Waals surface area contributed by atoms with Crippen molar-refractivity contribution in [3.8, 4) is 0 Å². The van der Waals surface area contributed by atoms with Gasteiger partial charge in [-0.2, -0.15) is 0 Å². The van der Waals surface area contributed by atoms with E-state index in [1.54, 1.807) is 0 Å². The molecule has 2 heterocycles. The van der Waals surface area contributed by atoms with Crippen LogP contribution in [0, 0.1) is 6.92 Å². The fraction of sp³-hybridized carbons (Fsp3) is 0.545. The van der Waals surface area contributed by atoms with Crippen LogP contribution in [0.5, 0.6) is 0 Å². The largest absolute Gasteiger partial charge is 0.380 e. The quantitative estimate of drug-likeness (QED) is 0.744.